The van der Waals surface area contributed by atoms with Gasteiger partial charge in [0, 0.05) is 37.6 Å². The van der Waals surface area contributed by atoms with Crippen molar-refractivity contribution in [1.82, 2.24) is 8.98 Å². The fourth-order valence-electron chi connectivity index (χ4n) is 4.50. The lowest BCUT2D eigenvalue weighted by atomic mass is 10.1. The Kier molecular flexibility index (Phi) is 6.56. The molecule has 13 heteroatoms. The van der Waals surface area contributed by atoms with E-state index in [1.54, 1.807) is 40.9 Å². The predicted molar refractivity (Wildman–Crippen MR) is 156 cm³/mol. The number of carbonyl (C=O) groups excluding carboxylic acids is 2. The molecule has 0 aliphatic carbocycles. The summed E-state index contributed by atoms with van der Waals surface area (Å²) in [4.78, 5) is 32.0. The van der Waals surface area contributed by atoms with E-state index in [-0.39, 0.29) is 29.0 Å². The summed E-state index contributed by atoms with van der Waals surface area (Å²) in [5.41, 5.74) is 3.89. The molecule has 2 aliphatic rings. The molecule has 0 radical (unpaired) electrons. The van der Waals surface area contributed by atoms with Crippen LogP contribution in [0.4, 0.5) is 17.1 Å². The van der Waals surface area contributed by atoms with Gasteiger partial charge in [0.25, 0.3) is 11.8 Å². The number of anilines is 2. The Labute approximate surface area is 239 Å². The summed E-state index contributed by atoms with van der Waals surface area (Å²) in [5.74, 6) is 0.0197. The minimum atomic E-state index is -3.67. The van der Waals surface area contributed by atoms with E-state index in [4.69, 9.17) is 14.8 Å². The van der Waals surface area contributed by atoms with E-state index in [1.165, 1.54) is 37.6 Å². The molecule has 11 nitrogen and oxygen atoms in total. The van der Waals surface area contributed by atoms with E-state index in [9.17, 15) is 18.0 Å². The summed E-state index contributed by atoms with van der Waals surface area (Å²) >= 11 is 1.28. The molecule has 1 aromatic heterocycles. The van der Waals surface area contributed by atoms with Gasteiger partial charge in [0.1, 0.15) is 5.75 Å². The summed E-state index contributed by atoms with van der Waals surface area (Å²) < 4.78 is 33.7. The van der Waals surface area contributed by atoms with Gasteiger partial charge in [-0.25, -0.2) is 22.4 Å². The first-order valence-electron chi connectivity index (χ1n) is 12.4. The predicted octanol–water partition coefficient (Wildman–Crippen LogP) is 3.26. The molecule has 0 bridgehead atoms. The SMILES string of the molecule is CN1C(=O)/C(=N/n2c(-c3ccc4c(c3)NC(=O)CO4)csc2=Nc2cccc(S(=O)(=O)N(C)C)c2)c2ccccc21. The number of nitrogens with one attached hydrogen (secondary N) is 1. The Morgan fingerprint density at radius 3 is 2.63 bits per heavy atom. The minimum Gasteiger partial charge on any atom is -0.482 e. The number of hydrogen-bond donors (Lipinski definition) is 1. The van der Waals surface area contributed by atoms with E-state index in [0.29, 0.717) is 38.7 Å². The number of ether oxygens (including phenoxy) is 1. The van der Waals surface area contributed by atoms with E-state index in [2.05, 4.69) is 5.32 Å². The second kappa shape index (κ2) is 10.1. The zero-order chi connectivity index (χ0) is 28.9. The summed E-state index contributed by atoms with van der Waals surface area (Å²) in [6.45, 7) is -0.0564. The average molecular weight is 589 g/mol. The molecular formula is C28H24N6O5S2. The number of likely N-dealkylation sites (N-methyl/N-ethyl adjacent to an activating group) is 1. The molecule has 3 heterocycles. The zero-order valence-corrected chi connectivity index (χ0v) is 23.9. The molecule has 208 valence electrons. The Hall–Kier alpha value is -4.59. The van der Waals surface area contributed by atoms with Gasteiger partial charge >= 0.3 is 0 Å². The average Bonchev–Trinajstić information content (AvgIpc) is 3.46. The molecule has 2 aliphatic heterocycles. The molecule has 0 saturated heterocycles. The first-order chi connectivity index (χ1) is 19.6. The van der Waals surface area contributed by atoms with Crippen molar-refractivity contribution in [3.05, 3.63) is 82.5 Å². The van der Waals surface area contributed by atoms with E-state index >= 15 is 0 Å². The molecule has 3 aromatic carbocycles. The number of carbonyl (C=O) groups is 2. The molecular weight excluding hydrogens is 564 g/mol. The number of fused-ring (bicyclic) bond motifs is 2. The zero-order valence-electron chi connectivity index (χ0n) is 22.2. The Morgan fingerprint density at radius 2 is 1.83 bits per heavy atom. The number of thiazole rings is 1. The highest BCUT2D eigenvalue weighted by Gasteiger charge is 2.32. The number of aromatic nitrogens is 1. The van der Waals surface area contributed by atoms with Gasteiger partial charge in [-0.2, -0.15) is 5.10 Å². The minimum absolute atomic E-state index is 0.0564. The van der Waals surface area contributed by atoms with E-state index in [1.807, 2.05) is 35.7 Å². The number of benzene rings is 3. The van der Waals surface area contributed by atoms with Crippen molar-refractivity contribution in [2.45, 2.75) is 4.90 Å². The summed E-state index contributed by atoms with van der Waals surface area (Å²) in [7, 11) is 0.952. The van der Waals surface area contributed by atoms with Crippen LogP contribution in [0.15, 0.2) is 87.1 Å². The van der Waals surface area contributed by atoms with Gasteiger partial charge in [-0.3, -0.25) is 9.59 Å². The van der Waals surface area contributed by atoms with Gasteiger partial charge in [0.15, 0.2) is 12.3 Å². The Bertz CT molecular complexity index is 1940. The number of hydrogen-bond acceptors (Lipinski definition) is 8. The van der Waals surface area contributed by atoms with Gasteiger partial charge < -0.3 is 15.0 Å². The van der Waals surface area contributed by atoms with Crippen LogP contribution in [0.2, 0.25) is 0 Å². The van der Waals surface area contributed by atoms with Crippen LogP contribution in [0.3, 0.4) is 0 Å². The van der Waals surface area contributed by atoms with Crippen molar-refractivity contribution < 1.29 is 22.7 Å². The van der Waals surface area contributed by atoms with Gasteiger partial charge in [-0.1, -0.05) is 24.3 Å². The van der Waals surface area contributed by atoms with Gasteiger partial charge in [-0.05, 0) is 42.5 Å². The standard InChI is InChI=1S/C28H24N6O5S2/c1-32(2)41(37,38)19-8-6-7-18(14-19)29-28-34(31-26-20-9-4-5-10-22(20)33(3)27(26)36)23(16-40-28)17-11-12-24-21(13-17)30-25(35)15-39-24/h4-14,16H,15H2,1-3H3,(H,30,35)/b29-28?,31-26+. The van der Waals surface area contributed by atoms with Crippen LogP contribution in [-0.4, -0.2) is 62.7 Å². The topological polar surface area (TPSA) is 126 Å². The third kappa shape index (κ3) is 4.73. The van der Waals surface area contributed by atoms with Crippen LogP contribution in [-0.2, 0) is 19.6 Å². The van der Waals surface area contributed by atoms with Crippen LogP contribution < -0.4 is 19.8 Å². The molecule has 1 N–H and O–H groups in total. The molecule has 41 heavy (non-hydrogen) atoms. The summed E-state index contributed by atoms with van der Waals surface area (Å²) in [6.07, 6.45) is 0. The van der Waals surface area contributed by atoms with Crippen LogP contribution in [0.25, 0.3) is 11.3 Å². The fourth-order valence-corrected chi connectivity index (χ4v) is 6.29. The maximum Gasteiger partial charge on any atom is 0.279 e. The van der Waals surface area contributed by atoms with Crippen LogP contribution in [0.5, 0.6) is 5.75 Å². The first kappa shape index (κ1) is 26.6. The highest BCUT2D eigenvalue weighted by Crippen LogP contribution is 2.34. The lowest BCUT2D eigenvalue weighted by Crippen LogP contribution is -2.27. The summed E-state index contributed by atoms with van der Waals surface area (Å²) in [5, 5.41) is 9.46. The summed E-state index contributed by atoms with van der Waals surface area (Å²) in [6, 6.07) is 19.1. The van der Waals surface area contributed by atoms with Crippen LogP contribution >= 0.6 is 11.3 Å². The van der Waals surface area contributed by atoms with Crippen molar-refractivity contribution in [3.63, 3.8) is 0 Å². The number of para-hydroxylation sites is 1. The molecule has 0 fully saturated rings. The van der Waals surface area contributed by atoms with E-state index < -0.39 is 10.0 Å². The van der Waals surface area contributed by atoms with Crippen molar-refractivity contribution in [2.24, 2.45) is 10.1 Å². The van der Waals surface area contributed by atoms with Gasteiger partial charge in [0.05, 0.1) is 27.7 Å². The van der Waals surface area contributed by atoms with Crippen molar-refractivity contribution in [2.75, 3.05) is 38.0 Å². The van der Waals surface area contributed by atoms with Crippen molar-refractivity contribution in [3.8, 4) is 17.0 Å². The Morgan fingerprint density at radius 1 is 1.02 bits per heavy atom. The van der Waals surface area contributed by atoms with Gasteiger partial charge in [0.2, 0.25) is 14.8 Å². The second-order valence-corrected chi connectivity index (χ2v) is 12.5. The molecule has 6 rings (SSSR count). The van der Waals surface area contributed by atoms with E-state index in [0.717, 1.165) is 9.99 Å². The first-order valence-corrected chi connectivity index (χ1v) is 14.8. The lowest BCUT2D eigenvalue weighted by molar-refractivity contribution is -0.118. The maximum absolute atomic E-state index is 13.3. The highest BCUT2D eigenvalue weighted by molar-refractivity contribution is 7.89. The second-order valence-electron chi connectivity index (χ2n) is 9.49. The molecule has 4 aromatic rings. The third-order valence-electron chi connectivity index (χ3n) is 6.64. The van der Waals surface area contributed by atoms with Crippen molar-refractivity contribution in [1.29, 1.82) is 0 Å². The lowest BCUT2D eigenvalue weighted by Gasteiger charge is -2.18. The molecule has 2 amide bonds. The van der Waals surface area contributed by atoms with Crippen molar-refractivity contribution >= 4 is 55.9 Å². The highest BCUT2D eigenvalue weighted by atomic mass is 32.2. The van der Waals surface area contributed by atoms with Crippen LogP contribution in [0.1, 0.15) is 5.56 Å². The molecule has 0 unspecified atom stereocenters. The molecule has 0 atom stereocenters. The smallest absolute Gasteiger partial charge is 0.279 e. The monoisotopic (exact) mass is 588 g/mol. The molecule has 0 spiro atoms. The quantitative estimate of drug-likeness (QED) is 0.383. The largest absolute Gasteiger partial charge is 0.482 e. The van der Waals surface area contributed by atoms with Crippen LogP contribution in [0, 0.1) is 0 Å². The normalized spacial score (nSPS) is 16.1. The van der Waals surface area contributed by atoms with Gasteiger partial charge in [-0.15, -0.1) is 11.3 Å². The Balaban J connectivity index is 1.55. The number of nitrogens with zero attached hydrogens (tertiary/aromatic N) is 5. The fraction of sp³-hybridized carbons (Fsp3) is 0.143. The molecule has 0 saturated carbocycles. The number of rotatable bonds is 5. The number of amides is 2. The maximum atomic E-state index is 13.3. The third-order valence-corrected chi connectivity index (χ3v) is 9.27. The number of sulfonamides is 1.